The second-order valence-corrected chi connectivity index (χ2v) is 7.59. The van der Waals surface area contributed by atoms with Gasteiger partial charge in [0.05, 0.1) is 6.10 Å². The van der Waals surface area contributed by atoms with E-state index in [1.807, 2.05) is 19.1 Å². The van der Waals surface area contributed by atoms with Crippen LogP contribution in [0.15, 0.2) is 23.2 Å². The van der Waals surface area contributed by atoms with Crippen molar-refractivity contribution >= 4 is 53.1 Å². The number of carbonyl (C=O) groups is 1. The number of guanidine groups is 1. The summed E-state index contributed by atoms with van der Waals surface area (Å²) in [5, 5.41) is 9.89. The number of methoxy groups -OCH3 is 1. The maximum atomic E-state index is 12.1. The predicted molar refractivity (Wildman–Crippen MR) is 124 cm³/mol. The maximum absolute atomic E-state index is 12.1. The van der Waals surface area contributed by atoms with E-state index in [0.29, 0.717) is 30.5 Å². The molecule has 0 aromatic heterocycles. The Morgan fingerprint density at radius 2 is 1.96 bits per heavy atom. The number of carbonyl (C=O) groups excluding carboxylic acids is 1. The van der Waals surface area contributed by atoms with E-state index < -0.39 is 0 Å². The highest BCUT2D eigenvalue weighted by Crippen LogP contribution is 2.23. The van der Waals surface area contributed by atoms with Crippen LogP contribution in [-0.4, -0.2) is 45.2 Å². The number of aliphatic imine (C=N–C) groups is 1. The van der Waals surface area contributed by atoms with Crippen LogP contribution < -0.4 is 16.0 Å². The highest BCUT2D eigenvalue weighted by Gasteiger charge is 2.24. The lowest BCUT2D eigenvalue weighted by atomic mass is 9.89. The number of rotatable bonds is 7. The molecule has 27 heavy (non-hydrogen) atoms. The fraction of sp³-hybridized carbons (Fsp3) is 0.579. The summed E-state index contributed by atoms with van der Waals surface area (Å²) >= 11 is 6.07. The Hall–Kier alpha value is -1.06. The fourth-order valence-electron chi connectivity index (χ4n) is 2.40. The van der Waals surface area contributed by atoms with Gasteiger partial charge in [0.25, 0.3) is 0 Å². The van der Waals surface area contributed by atoms with Crippen molar-refractivity contribution in [2.75, 3.05) is 32.6 Å². The molecule has 0 bridgehead atoms. The highest BCUT2D eigenvalue weighted by molar-refractivity contribution is 14.0. The molecule has 0 heterocycles. The summed E-state index contributed by atoms with van der Waals surface area (Å²) in [5.74, 6) is 0.561. The van der Waals surface area contributed by atoms with Crippen LogP contribution in [0.1, 0.15) is 32.8 Å². The smallest absolute Gasteiger partial charge is 0.226 e. The Bertz CT molecular complexity index is 633. The second-order valence-electron chi connectivity index (χ2n) is 7.18. The number of hydrogen-bond acceptors (Lipinski definition) is 3. The highest BCUT2D eigenvalue weighted by atomic mass is 127. The molecule has 8 heteroatoms. The number of amides is 1. The average molecular weight is 511 g/mol. The van der Waals surface area contributed by atoms with Crippen molar-refractivity contribution in [2.45, 2.75) is 40.2 Å². The number of nitrogens with one attached hydrogen (secondary N) is 3. The molecule has 0 saturated carbocycles. The first kappa shape index (κ1) is 25.9. The summed E-state index contributed by atoms with van der Waals surface area (Å²) in [6, 6.07) is 5.45. The number of ether oxygens (including phenoxy) is 1. The molecule has 6 nitrogen and oxygen atoms in total. The summed E-state index contributed by atoms with van der Waals surface area (Å²) < 4.78 is 5.52. The zero-order chi connectivity index (χ0) is 19.7. The minimum atomic E-state index is -0.0808. The van der Waals surface area contributed by atoms with Crippen LogP contribution in [0, 0.1) is 12.3 Å². The topological polar surface area (TPSA) is 74.8 Å². The SMILES string of the molecule is CN=C(NCCC(=O)Nc1cccc(Cl)c1C)NCC(OC)C(C)(C)C.I. The molecule has 0 saturated heterocycles. The van der Waals surface area contributed by atoms with Crippen LogP contribution in [0.2, 0.25) is 5.02 Å². The van der Waals surface area contributed by atoms with Crippen LogP contribution >= 0.6 is 35.6 Å². The van der Waals surface area contributed by atoms with E-state index >= 15 is 0 Å². The Balaban J connectivity index is 0.00000676. The molecule has 0 aliphatic rings. The van der Waals surface area contributed by atoms with Crippen LogP contribution in [-0.2, 0) is 9.53 Å². The third kappa shape index (κ3) is 9.12. The number of anilines is 1. The van der Waals surface area contributed by atoms with Crippen molar-refractivity contribution in [1.82, 2.24) is 10.6 Å². The molecule has 1 atom stereocenters. The van der Waals surface area contributed by atoms with Gasteiger partial charge in [-0.1, -0.05) is 38.4 Å². The first-order chi connectivity index (χ1) is 12.2. The molecule has 1 aromatic carbocycles. The van der Waals surface area contributed by atoms with Gasteiger partial charge in [0.2, 0.25) is 5.91 Å². The molecule has 0 spiro atoms. The number of benzene rings is 1. The van der Waals surface area contributed by atoms with Gasteiger partial charge >= 0.3 is 0 Å². The number of halogens is 2. The van der Waals surface area contributed by atoms with E-state index in [9.17, 15) is 4.79 Å². The summed E-state index contributed by atoms with van der Waals surface area (Å²) in [4.78, 5) is 16.3. The van der Waals surface area contributed by atoms with Crippen LogP contribution in [0.5, 0.6) is 0 Å². The van der Waals surface area contributed by atoms with Crippen LogP contribution in [0.3, 0.4) is 0 Å². The van der Waals surface area contributed by atoms with Crippen LogP contribution in [0.25, 0.3) is 0 Å². The molecular formula is C19H32ClIN4O2. The Morgan fingerprint density at radius 3 is 2.52 bits per heavy atom. The lowest BCUT2D eigenvalue weighted by Crippen LogP contribution is -2.45. The van der Waals surface area contributed by atoms with Gasteiger partial charge < -0.3 is 20.7 Å². The summed E-state index contributed by atoms with van der Waals surface area (Å²) in [6.07, 6.45) is 0.370. The van der Waals surface area contributed by atoms with Gasteiger partial charge in [-0.05, 0) is 30.0 Å². The normalized spacial score (nSPS) is 12.8. The van der Waals surface area contributed by atoms with Gasteiger partial charge in [-0.3, -0.25) is 9.79 Å². The molecule has 0 aliphatic carbocycles. The summed E-state index contributed by atoms with van der Waals surface area (Å²) in [5.41, 5.74) is 1.62. The molecule has 0 fully saturated rings. The van der Waals surface area contributed by atoms with Crippen molar-refractivity contribution in [3.8, 4) is 0 Å². The van der Waals surface area contributed by atoms with E-state index in [1.165, 1.54) is 0 Å². The van der Waals surface area contributed by atoms with Gasteiger partial charge in [0.15, 0.2) is 5.96 Å². The van der Waals surface area contributed by atoms with E-state index in [2.05, 4.69) is 41.7 Å². The van der Waals surface area contributed by atoms with Crippen molar-refractivity contribution in [1.29, 1.82) is 0 Å². The Labute approximate surface area is 184 Å². The van der Waals surface area contributed by atoms with Crippen LogP contribution in [0.4, 0.5) is 5.69 Å². The predicted octanol–water partition coefficient (Wildman–Crippen LogP) is 3.82. The average Bonchev–Trinajstić information content (AvgIpc) is 2.56. The van der Waals surface area contributed by atoms with E-state index in [-0.39, 0.29) is 41.4 Å². The minimum absolute atomic E-state index is 0. The van der Waals surface area contributed by atoms with Gasteiger partial charge in [-0.2, -0.15) is 0 Å². The summed E-state index contributed by atoms with van der Waals surface area (Å²) in [7, 11) is 3.40. The number of nitrogens with zero attached hydrogens (tertiary/aromatic N) is 1. The van der Waals surface area contributed by atoms with E-state index in [4.69, 9.17) is 16.3 Å². The largest absolute Gasteiger partial charge is 0.379 e. The zero-order valence-electron chi connectivity index (χ0n) is 17.0. The van der Waals surface area contributed by atoms with E-state index in [1.54, 1.807) is 20.2 Å². The maximum Gasteiger partial charge on any atom is 0.226 e. The third-order valence-corrected chi connectivity index (χ3v) is 4.52. The zero-order valence-corrected chi connectivity index (χ0v) is 20.1. The lowest BCUT2D eigenvalue weighted by molar-refractivity contribution is -0.116. The van der Waals surface area contributed by atoms with Gasteiger partial charge in [-0.15, -0.1) is 24.0 Å². The quantitative estimate of drug-likeness (QED) is 0.296. The summed E-state index contributed by atoms with van der Waals surface area (Å²) in [6.45, 7) is 9.36. The molecule has 0 aliphatic heterocycles. The molecule has 3 N–H and O–H groups in total. The first-order valence-corrected chi connectivity index (χ1v) is 9.09. The van der Waals surface area contributed by atoms with Gasteiger partial charge in [0.1, 0.15) is 0 Å². The molecule has 1 unspecified atom stereocenters. The van der Waals surface area contributed by atoms with Gasteiger partial charge in [-0.25, -0.2) is 0 Å². The first-order valence-electron chi connectivity index (χ1n) is 8.71. The molecule has 154 valence electrons. The molecule has 1 rings (SSSR count). The lowest BCUT2D eigenvalue weighted by Gasteiger charge is -2.30. The Morgan fingerprint density at radius 1 is 1.30 bits per heavy atom. The molecule has 1 aromatic rings. The Kier molecular flexibility index (Phi) is 11.9. The van der Waals surface area contributed by atoms with Crippen molar-refractivity contribution in [3.05, 3.63) is 28.8 Å². The second kappa shape index (κ2) is 12.4. The minimum Gasteiger partial charge on any atom is -0.379 e. The molecule has 1 amide bonds. The van der Waals surface area contributed by atoms with E-state index in [0.717, 1.165) is 11.3 Å². The van der Waals surface area contributed by atoms with Crippen molar-refractivity contribution in [3.63, 3.8) is 0 Å². The molecular weight excluding hydrogens is 479 g/mol. The number of hydrogen-bond donors (Lipinski definition) is 3. The monoisotopic (exact) mass is 510 g/mol. The third-order valence-electron chi connectivity index (χ3n) is 4.12. The van der Waals surface area contributed by atoms with Crippen molar-refractivity contribution < 1.29 is 9.53 Å². The van der Waals surface area contributed by atoms with Crippen molar-refractivity contribution in [2.24, 2.45) is 10.4 Å². The fourth-order valence-corrected chi connectivity index (χ4v) is 2.58. The standard InChI is InChI=1S/C19H31ClN4O2.HI/c1-13-14(20)8-7-9-15(13)24-17(25)10-11-22-18(21-5)23-12-16(26-6)19(2,3)4;/h7-9,16H,10-12H2,1-6H3,(H,24,25)(H2,21,22,23);1H. The molecule has 0 radical (unpaired) electrons. The van der Waals surface area contributed by atoms with Gasteiger partial charge in [0, 0.05) is 44.4 Å².